The van der Waals surface area contributed by atoms with Crippen LogP contribution in [0.2, 0.25) is 0 Å². The average molecular weight is 269 g/mol. The van der Waals surface area contributed by atoms with Gasteiger partial charge in [0.25, 0.3) is 0 Å². The van der Waals surface area contributed by atoms with Crippen LogP contribution in [0.3, 0.4) is 0 Å². The summed E-state index contributed by atoms with van der Waals surface area (Å²) in [5, 5.41) is 13.8. The summed E-state index contributed by atoms with van der Waals surface area (Å²) >= 11 is 0. The lowest BCUT2D eigenvalue weighted by Crippen LogP contribution is -2.44. The van der Waals surface area contributed by atoms with Gasteiger partial charge in [0.05, 0.1) is 6.07 Å². The summed E-state index contributed by atoms with van der Waals surface area (Å²) in [6, 6.07) is 10.7. The molecule has 0 aliphatic rings. The van der Waals surface area contributed by atoms with Crippen molar-refractivity contribution in [2.45, 2.75) is 38.6 Å². The van der Waals surface area contributed by atoms with E-state index in [0.29, 0.717) is 0 Å². The van der Waals surface area contributed by atoms with Crippen LogP contribution in [-0.2, 0) is 12.5 Å². The Morgan fingerprint density at radius 2 is 1.85 bits per heavy atom. The zero-order chi connectivity index (χ0) is 15.0. The van der Waals surface area contributed by atoms with Crippen LogP contribution >= 0.6 is 0 Å². The number of para-hydroxylation sites is 1. The number of hydrogen-bond donors (Lipinski definition) is 1. The smallest absolute Gasteiger partial charge is 0.101 e. The van der Waals surface area contributed by atoms with Crippen molar-refractivity contribution in [3.8, 4) is 6.07 Å². The highest BCUT2D eigenvalue weighted by molar-refractivity contribution is 5.85. The van der Waals surface area contributed by atoms with Crippen molar-refractivity contribution in [1.29, 1.82) is 5.26 Å². The van der Waals surface area contributed by atoms with E-state index < -0.39 is 5.54 Å². The van der Waals surface area contributed by atoms with Gasteiger partial charge < -0.3 is 4.57 Å². The van der Waals surface area contributed by atoms with Crippen molar-refractivity contribution in [3.05, 3.63) is 36.0 Å². The zero-order valence-electron chi connectivity index (χ0n) is 13.0. The topological polar surface area (TPSA) is 40.8 Å². The van der Waals surface area contributed by atoms with E-state index in [1.54, 1.807) is 0 Å². The molecule has 1 aromatic heterocycles. The zero-order valence-corrected chi connectivity index (χ0v) is 13.0. The number of fused-ring (bicyclic) bond motifs is 1. The Balaban J connectivity index is 2.35. The minimum atomic E-state index is -0.498. The van der Waals surface area contributed by atoms with Gasteiger partial charge in [-0.25, -0.2) is 0 Å². The van der Waals surface area contributed by atoms with Gasteiger partial charge in [-0.3, -0.25) is 5.32 Å². The van der Waals surface area contributed by atoms with Crippen molar-refractivity contribution in [1.82, 2.24) is 9.88 Å². The third-order valence-corrected chi connectivity index (χ3v) is 3.88. The molecular weight excluding hydrogens is 246 g/mol. The SMILES string of the molecule is Cn1cc(C(C)(C)CNC(C)(C)C#N)c2ccccc21. The average Bonchev–Trinajstić information content (AvgIpc) is 2.76. The van der Waals surface area contributed by atoms with Gasteiger partial charge >= 0.3 is 0 Å². The molecule has 1 N–H and O–H groups in total. The second kappa shape index (κ2) is 4.96. The van der Waals surface area contributed by atoms with E-state index in [1.807, 2.05) is 13.8 Å². The fraction of sp³-hybridized carbons (Fsp3) is 0.471. The fourth-order valence-corrected chi connectivity index (χ4v) is 2.46. The molecule has 0 atom stereocenters. The normalized spacial score (nSPS) is 12.6. The first kappa shape index (κ1) is 14.6. The first-order chi connectivity index (χ1) is 9.27. The molecule has 0 fully saturated rings. The van der Waals surface area contributed by atoms with E-state index in [1.165, 1.54) is 16.5 Å². The molecular formula is C17H23N3. The third-order valence-electron chi connectivity index (χ3n) is 3.88. The Morgan fingerprint density at radius 1 is 1.20 bits per heavy atom. The maximum atomic E-state index is 9.12. The van der Waals surface area contributed by atoms with Crippen molar-refractivity contribution >= 4 is 10.9 Å². The number of aryl methyl sites for hydroxylation is 1. The standard InChI is InChI=1S/C17H23N3/c1-16(2,12-19-17(3,4)11-18)14-10-20(5)15-9-7-6-8-13(14)15/h6-10,19H,12H2,1-5H3. The molecule has 0 radical (unpaired) electrons. The molecule has 2 aromatic rings. The summed E-state index contributed by atoms with van der Waals surface area (Å²) in [5.74, 6) is 0. The van der Waals surface area contributed by atoms with Gasteiger partial charge in [0, 0.05) is 36.1 Å². The van der Waals surface area contributed by atoms with Gasteiger partial charge in [0.2, 0.25) is 0 Å². The highest BCUT2D eigenvalue weighted by Crippen LogP contribution is 2.31. The Labute approximate surface area is 121 Å². The maximum Gasteiger partial charge on any atom is 0.101 e. The molecule has 0 amide bonds. The molecule has 2 rings (SSSR count). The third kappa shape index (κ3) is 2.71. The monoisotopic (exact) mass is 269 g/mol. The lowest BCUT2D eigenvalue weighted by molar-refractivity contribution is 0.399. The summed E-state index contributed by atoms with van der Waals surface area (Å²) in [6.45, 7) is 9.02. The Bertz CT molecular complexity index is 656. The van der Waals surface area contributed by atoms with E-state index in [9.17, 15) is 0 Å². The predicted octanol–water partition coefficient (Wildman–Crippen LogP) is 3.35. The van der Waals surface area contributed by atoms with Crippen molar-refractivity contribution in [2.75, 3.05) is 6.54 Å². The Hall–Kier alpha value is -1.79. The van der Waals surface area contributed by atoms with E-state index in [0.717, 1.165) is 6.54 Å². The van der Waals surface area contributed by atoms with Gasteiger partial charge in [-0.2, -0.15) is 5.26 Å². The van der Waals surface area contributed by atoms with Crippen LogP contribution in [0.15, 0.2) is 30.5 Å². The molecule has 106 valence electrons. The number of nitrogens with zero attached hydrogens (tertiary/aromatic N) is 2. The second-order valence-corrected chi connectivity index (χ2v) is 6.65. The molecule has 3 heteroatoms. The van der Waals surface area contributed by atoms with Gasteiger partial charge in [0.1, 0.15) is 5.54 Å². The number of hydrogen-bond acceptors (Lipinski definition) is 2. The van der Waals surface area contributed by atoms with Crippen LogP contribution < -0.4 is 5.32 Å². The van der Waals surface area contributed by atoms with Crippen LogP contribution in [0.4, 0.5) is 0 Å². The highest BCUT2D eigenvalue weighted by Gasteiger charge is 2.27. The molecule has 0 unspecified atom stereocenters. The summed E-state index contributed by atoms with van der Waals surface area (Å²) in [5.41, 5.74) is 2.03. The number of nitrogens with one attached hydrogen (secondary N) is 1. The quantitative estimate of drug-likeness (QED) is 0.924. The van der Waals surface area contributed by atoms with Crippen LogP contribution in [0.25, 0.3) is 10.9 Å². The molecule has 0 saturated carbocycles. The fourth-order valence-electron chi connectivity index (χ4n) is 2.46. The summed E-state index contributed by atoms with van der Waals surface area (Å²) < 4.78 is 2.17. The second-order valence-electron chi connectivity index (χ2n) is 6.65. The van der Waals surface area contributed by atoms with E-state index in [2.05, 4.69) is 67.3 Å². The van der Waals surface area contributed by atoms with Crippen molar-refractivity contribution in [2.24, 2.45) is 7.05 Å². The van der Waals surface area contributed by atoms with Gasteiger partial charge in [-0.15, -0.1) is 0 Å². The summed E-state index contributed by atoms with van der Waals surface area (Å²) in [4.78, 5) is 0. The minimum absolute atomic E-state index is 0.0328. The van der Waals surface area contributed by atoms with Crippen LogP contribution in [0, 0.1) is 11.3 Å². The van der Waals surface area contributed by atoms with Gasteiger partial charge in [-0.05, 0) is 25.5 Å². The molecule has 0 spiro atoms. The van der Waals surface area contributed by atoms with E-state index in [-0.39, 0.29) is 5.41 Å². The lowest BCUT2D eigenvalue weighted by atomic mass is 9.83. The number of aromatic nitrogens is 1. The van der Waals surface area contributed by atoms with E-state index >= 15 is 0 Å². The Morgan fingerprint density at radius 3 is 2.50 bits per heavy atom. The highest BCUT2D eigenvalue weighted by atomic mass is 15.0. The van der Waals surface area contributed by atoms with Crippen LogP contribution in [0.5, 0.6) is 0 Å². The van der Waals surface area contributed by atoms with Crippen LogP contribution in [-0.4, -0.2) is 16.7 Å². The number of nitriles is 1. The largest absolute Gasteiger partial charge is 0.350 e. The first-order valence-corrected chi connectivity index (χ1v) is 6.98. The molecule has 0 aliphatic carbocycles. The Kier molecular flexibility index (Phi) is 3.62. The molecule has 3 nitrogen and oxygen atoms in total. The van der Waals surface area contributed by atoms with Crippen molar-refractivity contribution < 1.29 is 0 Å². The summed E-state index contributed by atoms with van der Waals surface area (Å²) in [7, 11) is 2.08. The molecule has 1 aromatic carbocycles. The van der Waals surface area contributed by atoms with Crippen molar-refractivity contribution in [3.63, 3.8) is 0 Å². The van der Waals surface area contributed by atoms with Gasteiger partial charge in [0.15, 0.2) is 0 Å². The number of benzene rings is 1. The van der Waals surface area contributed by atoms with E-state index in [4.69, 9.17) is 5.26 Å². The van der Waals surface area contributed by atoms with Gasteiger partial charge in [-0.1, -0.05) is 32.0 Å². The predicted molar refractivity (Wildman–Crippen MR) is 83.6 cm³/mol. The molecule has 0 bridgehead atoms. The minimum Gasteiger partial charge on any atom is -0.350 e. The number of rotatable bonds is 4. The molecule has 0 saturated heterocycles. The molecule has 1 heterocycles. The maximum absolute atomic E-state index is 9.12. The summed E-state index contributed by atoms with van der Waals surface area (Å²) in [6.07, 6.45) is 2.20. The lowest BCUT2D eigenvalue weighted by Gasteiger charge is -2.29. The van der Waals surface area contributed by atoms with Crippen LogP contribution in [0.1, 0.15) is 33.3 Å². The molecule has 20 heavy (non-hydrogen) atoms. The first-order valence-electron chi connectivity index (χ1n) is 6.98. The molecule has 0 aliphatic heterocycles.